The summed E-state index contributed by atoms with van der Waals surface area (Å²) < 4.78 is 1.96. The molecule has 110 valence electrons. The number of hydrogen-bond donors (Lipinski definition) is 0. The third kappa shape index (κ3) is 2.78. The van der Waals surface area contributed by atoms with Gasteiger partial charge in [0.1, 0.15) is 0 Å². The number of fused-ring (bicyclic) bond motifs is 1. The normalized spacial score (nSPS) is 18.7. The quantitative estimate of drug-likeness (QED) is 0.858. The highest BCUT2D eigenvalue weighted by Gasteiger charge is 2.22. The van der Waals surface area contributed by atoms with Gasteiger partial charge in [-0.15, -0.1) is 0 Å². The highest BCUT2D eigenvalue weighted by atomic mass is 15.3. The van der Waals surface area contributed by atoms with Crippen LogP contribution in [0.15, 0.2) is 24.3 Å². The Bertz CT molecular complexity index is 661. The van der Waals surface area contributed by atoms with E-state index in [0.717, 1.165) is 38.4 Å². The summed E-state index contributed by atoms with van der Waals surface area (Å²) in [7, 11) is 2.00. The summed E-state index contributed by atoms with van der Waals surface area (Å²) >= 11 is 0. The van der Waals surface area contributed by atoms with Crippen LogP contribution >= 0.6 is 0 Å². The van der Waals surface area contributed by atoms with Crippen molar-refractivity contribution < 1.29 is 0 Å². The maximum atomic E-state index is 8.99. The Morgan fingerprint density at radius 2 is 1.95 bits per heavy atom. The second kappa shape index (κ2) is 5.84. The molecular weight excluding hydrogens is 262 g/mol. The monoisotopic (exact) mass is 283 g/mol. The summed E-state index contributed by atoms with van der Waals surface area (Å²) in [4.78, 5) is 4.67. The predicted octanol–water partition coefficient (Wildman–Crippen LogP) is 1.60. The molecule has 2 heterocycles. The number of rotatable bonds is 3. The largest absolute Gasteiger partial charge is 0.295 e. The lowest BCUT2D eigenvalue weighted by molar-refractivity contribution is 0.113. The van der Waals surface area contributed by atoms with Crippen LogP contribution in [0.4, 0.5) is 0 Å². The number of nitrogens with zero attached hydrogens (tertiary/aromatic N) is 5. The molecule has 1 fully saturated rings. The van der Waals surface area contributed by atoms with Gasteiger partial charge in [0, 0.05) is 45.2 Å². The number of aryl methyl sites for hydroxylation is 1. The zero-order chi connectivity index (χ0) is 14.8. The molecule has 0 radical (unpaired) electrons. The molecule has 1 unspecified atom stereocenters. The van der Waals surface area contributed by atoms with Gasteiger partial charge in [-0.1, -0.05) is 18.2 Å². The Balaban J connectivity index is 1.69. The lowest BCUT2D eigenvalue weighted by Crippen LogP contribution is -2.48. The fraction of sp³-hybridized carbons (Fsp3) is 0.500. The molecule has 1 aliphatic heterocycles. The number of nitriles is 1. The zero-order valence-electron chi connectivity index (χ0n) is 12.7. The fourth-order valence-electron chi connectivity index (χ4n) is 3.01. The molecule has 1 aliphatic rings. The Morgan fingerprint density at radius 3 is 2.67 bits per heavy atom. The van der Waals surface area contributed by atoms with E-state index in [2.05, 4.69) is 45.2 Å². The smallest absolute Gasteiger partial charge is 0.0950 e. The standard InChI is InChI=1S/C16H21N5/c1-13(11-17)21-9-7-20(8-10-21)12-15-14-5-3-4-6-16(14)19(2)18-15/h3-6,13H,7-10,12H2,1-2H3. The first-order valence-corrected chi connectivity index (χ1v) is 7.45. The molecule has 0 aliphatic carbocycles. The molecule has 5 nitrogen and oxygen atoms in total. The summed E-state index contributed by atoms with van der Waals surface area (Å²) in [6, 6.07) is 10.7. The van der Waals surface area contributed by atoms with Gasteiger partial charge in [0.2, 0.25) is 0 Å². The van der Waals surface area contributed by atoms with E-state index >= 15 is 0 Å². The number of piperazine rings is 1. The van der Waals surface area contributed by atoms with Gasteiger partial charge in [-0.25, -0.2) is 0 Å². The van der Waals surface area contributed by atoms with E-state index in [0.29, 0.717) is 0 Å². The van der Waals surface area contributed by atoms with Gasteiger partial charge in [0.25, 0.3) is 0 Å². The molecule has 21 heavy (non-hydrogen) atoms. The minimum atomic E-state index is 0.0165. The molecule has 1 aromatic heterocycles. The topological polar surface area (TPSA) is 48.1 Å². The molecule has 1 aromatic carbocycles. The molecule has 0 bridgehead atoms. The molecule has 0 saturated carbocycles. The molecule has 5 heteroatoms. The van der Waals surface area contributed by atoms with E-state index in [1.807, 2.05) is 18.7 Å². The van der Waals surface area contributed by atoms with Gasteiger partial charge in [-0.3, -0.25) is 14.5 Å². The van der Waals surface area contributed by atoms with Crippen molar-refractivity contribution in [1.29, 1.82) is 5.26 Å². The van der Waals surface area contributed by atoms with Crippen LogP contribution in [0.25, 0.3) is 10.9 Å². The molecular formula is C16H21N5. The van der Waals surface area contributed by atoms with Gasteiger partial charge in [0.15, 0.2) is 0 Å². The van der Waals surface area contributed by atoms with E-state index in [1.54, 1.807) is 0 Å². The third-order valence-corrected chi connectivity index (χ3v) is 4.35. The molecule has 3 rings (SSSR count). The highest BCUT2D eigenvalue weighted by molar-refractivity contribution is 5.81. The van der Waals surface area contributed by atoms with Crippen molar-refractivity contribution in [3.05, 3.63) is 30.0 Å². The van der Waals surface area contributed by atoms with Crippen LogP contribution in [0.5, 0.6) is 0 Å². The van der Waals surface area contributed by atoms with E-state index in [1.165, 1.54) is 10.9 Å². The van der Waals surface area contributed by atoms with Crippen molar-refractivity contribution in [1.82, 2.24) is 19.6 Å². The van der Waals surface area contributed by atoms with E-state index < -0.39 is 0 Å². The summed E-state index contributed by atoms with van der Waals surface area (Å²) in [5.41, 5.74) is 2.33. The van der Waals surface area contributed by atoms with Crippen molar-refractivity contribution in [2.24, 2.45) is 7.05 Å². The minimum absolute atomic E-state index is 0.0165. The Morgan fingerprint density at radius 1 is 1.24 bits per heavy atom. The molecule has 2 aromatic rings. The van der Waals surface area contributed by atoms with Crippen molar-refractivity contribution >= 4 is 10.9 Å². The van der Waals surface area contributed by atoms with Gasteiger partial charge >= 0.3 is 0 Å². The minimum Gasteiger partial charge on any atom is -0.295 e. The number of aromatic nitrogens is 2. The van der Waals surface area contributed by atoms with Crippen LogP contribution < -0.4 is 0 Å². The molecule has 1 atom stereocenters. The first-order valence-electron chi connectivity index (χ1n) is 7.45. The first kappa shape index (κ1) is 14.1. The van der Waals surface area contributed by atoms with Crippen molar-refractivity contribution in [2.75, 3.05) is 26.2 Å². The molecule has 0 amide bonds. The molecule has 1 saturated heterocycles. The maximum Gasteiger partial charge on any atom is 0.0950 e. The molecule has 0 spiro atoms. The lowest BCUT2D eigenvalue weighted by Gasteiger charge is -2.35. The van der Waals surface area contributed by atoms with Crippen LogP contribution in [0.1, 0.15) is 12.6 Å². The van der Waals surface area contributed by atoms with Gasteiger partial charge in [-0.2, -0.15) is 10.4 Å². The van der Waals surface area contributed by atoms with E-state index in [-0.39, 0.29) is 6.04 Å². The van der Waals surface area contributed by atoms with Gasteiger partial charge in [0.05, 0.1) is 23.3 Å². The Hall–Kier alpha value is -1.90. The van der Waals surface area contributed by atoms with E-state index in [9.17, 15) is 0 Å². The number of benzene rings is 1. The SMILES string of the molecule is CC(C#N)N1CCN(Cc2nn(C)c3ccccc23)CC1. The lowest BCUT2D eigenvalue weighted by atomic mass is 10.2. The summed E-state index contributed by atoms with van der Waals surface area (Å²) in [5.74, 6) is 0. The maximum absolute atomic E-state index is 8.99. The highest BCUT2D eigenvalue weighted by Crippen LogP contribution is 2.19. The second-order valence-electron chi connectivity index (χ2n) is 5.70. The van der Waals surface area contributed by atoms with Crippen molar-refractivity contribution in [3.8, 4) is 6.07 Å². The third-order valence-electron chi connectivity index (χ3n) is 4.35. The van der Waals surface area contributed by atoms with E-state index in [4.69, 9.17) is 5.26 Å². The number of hydrogen-bond acceptors (Lipinski definition) is 4. The summed E-state index contributed by atoms with van der Waals surface area (Å²) in [6.45, 7) is 6.77. The number of para-hydroxylation sites is 1. The van der Waals surface area contributed by atoms with Crippen LogP contribution in [0, 0.1) is 11.3 Å². The van der Waals surface area contributed by atoms with Crippen LogP contribution in [-0.2, 0) is 13.6 Å². The van der Waals surface area contributed by atoms with Crippen LogP contribution in [-0.4, -0.2) is 51.8 Å². The average Bonchev–Trinajstić information content (AvgIpc) is 2.84. The summed E-state index contributed by atoms with van der Waals surface area (Å²) in [5, 5.41) is 14.9. The Kier molecular flexibility index (Phi) is 3.91. The Labute approximate surface area is 125 Å². The van der Waals surface area contributed by atoms with Crippen molar-refractivity contribution in [3.63, 3.8) is 0 Å². The molecule has 0 N–H and O–H groups in total. The van der Waals surface area contributed by atoms with Crippen molar-refractivity contribution in [2.45, 2.75) is 19.5 Å². The first-order chi connectivity index (χ1) is 10.2. The van der Waals surface area contributed by atoms with Crippen LogP contribution in [0.2, 0.25) is 0 Å². The summed E-state index contributed by atoms with van der Waals surface area (Å²) in [6.07, 6.45) is 0. The zero-order valence-corrected chi connectivity index (χ0v) is 12.7. The van der Waals surface area contributed by atoms with Crippen LogP contribution in [0.3, 0.4) is 0 Å². The van der Waals surface area contributed by atoms with Gasteiger partial charge in [-0.05, 0) is 13.0 Å². The van der Waals surface area contributed by atoms with Gasteiger partial charge < -0.3 is 0 Å². The second-order valence-corrected chi connectivity index (χ2v) is 5.70. The fourth-order valence-corrected chi connectivity index (χ4v) is 3.01. The average molecular weight is 283 g/mol. The predicted molar refractivity (Wildman–Crippen MR) is 82.6 cm³/mol.